The number of benzene rings is 8. The summed E-state index contributed by atoms with van der Waals surface area (Å²) < 4.78 is 16.2. The standard InChI is InChI=1S/C51H36N2O2/c1-54-37-20-25-48-44(30-37)41-22-17-34(33-18-24-47-43(27-33)45-31-38(55-2)21-26-49(45)52(47)35-13-7-4-8-14-35)28-50(41)53(48)36-19-23-40-39-15-9-10-16-42(39)51(46(40)29-36)32-11-5-3-6-12-32/h3-31,51H,1-2H3. The Hall–Kier alpha value is -7.04. The van der Waals surface area contributed by atoms with E-state index in [1.807, 2.05) is 6.07 Å². The van der Waals surface area contributed by atoms with Crippen molar-refractivity contribution in [1.29, 1.82) is 0 Å². The predicted octanol–water partition coefficient (Wildman–Crippen LogP) is 12.7. The van der Waals surface area contributed by atoms with E-state index in [4.69, 9.17) is 9.47 Å². The number of aromatic nitrogens is 2. The molecule has 0 saturated carbocycles. The molecular weight excluding hydrogens is 673 g/mol. The van der Waals surface area contributed by atoms with Crippen molar-refractivity contribution in [3.63, 3.8) is 0 Å². The van der Waals surface area contributed by atoms with Crippen molar-refractivity contribution < 1.29 is 9.47 Å². The summed E-state index contributed by atoms with van der Waals surface area (Å²) in [5.41, 5.74) is 15.8. The highest BCUT2D eigenvalue weighted by atomic mass is 16.5. The number of nitrogens with zero attached hydrogens (tertiary/aromatic N) is 2. The number of rotatable bonds is 6. The van der Waals surface area contributed by atoms with Crippen LogP contribution in [-0.2, 0) is 0 Å². The van der Waals surface area contributed by atoms with Gasteiger partial charge in [0.2, 0.25) is 0 Å². The molecule has 1 aliphatic carbocycles. The third-order valence-electron chi connectivity index (χ3n) is 11.6. The van der Waals surface area contributed by atoms with Crippen LogP contribution in [0.25, 0.3) is 77.2 Å². The molecule has 55 heavy (non-hydrogen) atoms. The lowest BCUT2D eigenvalue weighted by Crippen LogP contribution is -2.01. The Labute approximate surface area is 319 Å². The molecule has 0 spiro atoms. The second-order valence-corrected chi connectivity index (χ2v) is 14.4. The van der Waals surface area contributed by atoms with E-state index in [1.54, 1.807) is 14.2 Å². The maximum Gasteiger partial charge on any atom is 0.119 e. The first-order chi connectivity index (χ1) is 27.2. The molecular formula is C51H36N2O2. The Balaban J connectivity index is 1.13. The molecule has 1 atom stereocenters. The van der Waals surface area contributed by atoms with Gasteiger partial charge in [-0.15, -0.1) is 0 Å². The Morgan fingerprint density at radius 3 is 1.67 bits per heavy atom. The lowest BCUT2D eigenvalue weighted by molar-refractivity contribution is 0.415. The molecule has 1 unspecified atom stereocenters. The van der Waals surface area contributed by atoms with Crippen molar-refractivity contribution in [1.82, 2.24) is 9.13 Å². The van der Waals surface area contributed by atoms with E-state index in [-0.39, 0.29) is 5.92 Å². The highest BCUT2D eigenvalue weighted by molar-refractivity contribution is 6.13. The lowest BCUT2D eigenvalue weighted by Gasteiger charge is -2.16. The highest BCUT2D eigenvalue weighted by Gasteiger charge is 2.30. The Bertz CT molecular complexity index is 3120. The second-order valence-electron chi connectivity index (χ2n) is 14.4. The van der Waals surface area contributed by atoms with Crippen LogP contribution in [0.3, 0.4) is 0 Å². The van der Waals surface area contributed by atoms with Crippen molar-refractivity contribution in [3.05, 3.63) is 193 Å². The molecule has 8 aromatic carbocycles. The monoisotopic (exact) mass is 708 g/mol. The zero-order valence-electron chi connectivity index (χ0n) is 30.5. The average molecular weight is 709 g/mol. The summed E-state index contributed by atoms with van der Waals surface area (Å²) in [7, 11) is 3.47. The topological polar surface area (TPSA) is 28.3 Å². The van der Waals surface area contributed by atoms with Crippen molar-refractivity contribution in [2.75, 3.05) is 14.2 Å². The zero-order chi connectivity index (χ0) is 36.6. The molecule has 0 saturated heterocycles. The van der Waals surface area contributed by atoms with Crippen LogP contribution in [-0.4, -0.2) is 23.4 Å². The van der Waals surface area contributed by atoms with Crippen LogP contribution in [0.5, 0.6) is 11.5 Å². The normalized spacial score (nSPS) is 13.5. The quantitative estimate of drug-likeness (QED) is 0.172. The summed E-state index contributed by atoms with van der Waals surface area (Å²) in [6, 6.07) is 63.9. The first-order valence-corrected chi connectivity index (χ1v) is 18.8. The molecule has 262 valence electrons. The molecule has 0 aliphatic heterocycles. The van der Waals surface area contributed by atoms with Crippen molar-refractivity contribution in [3.8, 4) is 45.1 Å². The molecule has 1 aliphatic rings. The molecule has 0 fully saturated rings. The van der Waals surface area contributed by atoms with Crippen LogP contribution in [0.4, 0.5) is 0 Å². The minimum Gasteiger partial charge on any atom is -0.497 e. The second kappa shape index (κ2) is 12.3. The van der Waals surface area contributed by atoms with Gasteiger partial charge in [-0.1, -0.05) is 97.1 Å². The average Bonchev–Trinajstić information content (AvgIpc) is 3.88. The number of ether oxygens (including phenoxy) is 2. The smallest absolute Gasteiger partial charge is 0.119 e. The van der Waals surface area contributed by atoms with Crippen LogP contribution in [0, 0.1) is 0 Å². The van der Waals surface area contributed by atoms with Gasteiger partial charge in [-0.25, -0.2) is 0 Å². The molecule has 2 heterocycles. The fraction of sp³-hybridized carbons (Fsp3) is 0.0588. The SMILES string of the molecule is COc1ccc2c(c1)c1cc(-c3ccc4c5cc(OC)ccc5n(-c5ccc6c(c5)C(c5ccccc5)c5ccccc5-6)c4c3)ccc1n2-c1ccccc1. The summed E-state index contributed by atoms with van der Waals surface area (Å²) in [6.07, 6.45) is 0. The maximum absolute atomic E-state index is 5.74. The zero-order valence-corrected chi connectivity index (χ0v) is 30.5. The molecule has 4 nitrogen and oxygen atoms in total. The number of hydrogen-bond acceptors (Lipinski definition) is 2. The largest absolute Gasteiger partial charge is 0.497 e. The van der Waals surface area contributed by atoms with Gasteiger partial charge in [0.25, 0.3) is 0 Å². The molecule has 0 bridgehead atoms. The van der Waals surface area contributed by atoms with E-state index in [0.29, 0.717) is 0 Å². The van der Waals surface area contributed by atoms with Gasteiger partial charge in [0.15, 0.2) is 0 Å². The van der Waals surface area contributed by atoms with E-state index in [2.05, 4.69) is 179 Å². The molecule has 10 aromatic rings. The number of hydrogen-bond donors (Lipinski definition) is 0. The third-order valence-corrected chi connectivity index (χ3v) is 11.6. The van der Waals surface area contributed by atoms with Crippen molar-refractivity contribution in [2.45, 2.75) is 5.92 Å². The maximum atomic E-state index is 5.74. The van der Waals surface area contributed by atoms with Crippen molar-refractivity contribution in [2.24, 2.45) is 0 Å². The summed E-state index contributed by atoms with van der Waals surface area (Å²) in [5.74, 6) is 1.86. The van der Waals surface area contributed by atoms with Gasteiger partial charge in [-0.2, -0.15) is 0 Å². The Morgan fingerprint density at radius 1 is 0.382 bits per heavy atom. The summed E-state index contributed by atoms with van der Waals surface area (Å²) in [6.45, 7) is 0. The van der Waals surface area contributed by atoms with Crippen molar-refractivity contribution >= 4 is 43.6 Å². The fourth-order valence-corrected chi connectivity index (χ4v) is 9.09. The van der Waals surface area contributed by atoms with E-state index in [0.717, 1.165) is 66.8 Å². The van der Waals surface area contributed by atoms with Crippen LogP contribution in [0.2, 0.25) is 0 Å². The molecule has 11 rings (SSSR count). The van der Waals surface area contributed by atoms with Gasteiger partial charge in [0.1, 0.15) is 11.5 Å². The minimum atomic E-state index is 0.166. The molecule has 0 amide bonds. The highest BCUT2D eigenvalue weighted by Crippen LogP contribution is 2.49. The number of fused-ring (bicyclic) bond motifs is 9. The van der Waals surface area contributed by atoms with Crippen LogP contribution < -0.4 is 9.47 Å². The third kappa shape index (κ3) is 4.78. The molecule has 4 heteroatoms. The van der Waals surface area contributed by atoms with Crippen LogP contribution >= 0.6 is 0 Å². The van der Waals surface area contributed by atoms with Crippen LogP contribution in [0.15, 0.2) is 176 Å². The van der Waals surface area contributed by atoms with Gasteiger partial charge in [0.05, 0.1) is 36.3 Å². The van der Waals surface area contributed by atoms with Gasteiger partial charge in [0, 0.05) is 38.8 Å². The van der Waals surface area contributed by atoms with Gasteiger partial charge >= 0.3 is 0 Å². The molecule has 2 aromatic heterocycles. The van der Waals surface area contributed by atoms with E-state index < -0.39 is 0 Å². The minimum absolute atomic E-state index is 0.166. The van der Waals surface area contributed by atoms with Crippen LogP contribution in [0.1, 0.15) is 22.6 Å². The predicted molar refractivity (Wildman–Crippen MR) is 226 cm³/mol. The van der Waals surface area contributed by atoms with Gasteiger partial charge in [-0.3, -0.25) is 0 Å². The van der Waals surface area contributed by atoms with E-state index in [1.165, 1.54) is 38.6 Å². The van der Waals surface area contributed by atoms with E-state index >= 15 is 0 Å². The molecule has 0 N–H and O–H groups in total. The Kier molecular flexibility index (Phi) is 7.02. The van der Waals surface area contributed by atoms with Gasteiger partial charge in [-0.05, 0) is 118 Å². The number of methoxy groups -OCH3 is 2. The Morgan fingerprint density at radius 2 is 0.945 bits per heavy atom. The molecule has 0 radical (unpaired) electrons. The summed E-state index contributed by atoms with van der Waals surface area (Å²) in [5, 5.41) is 4.70. The van der Waals surface area contributed by atoms with Gasteiger partial charge < -0.3 is 18.6 Å². The summed E-state index contributed by atoms with van der Waals surface area (Å²) >= 11 is 0. The summed E-state index contributed by atoms with van der Waals surface area (Å²) in [4.78, 5) is 0. The first-order valence-electron chi connectivity index (χ1n) is 18.8. The first kappa shape index (κ1) is 31.5. The fourth-order valence-electron chi connectivity index (χ4n) is 9.09. The van der Waals surface area contributed by atoms with E-state index in [9.17, 15) is 0 Å². The number of para-hydroxylation sites is 1. The lowest BCUT2D eigenvalue weighted by atomic mass is 9.89.